The van der Waals surface area contributed by atoms with Crippen LogP contribution in [0.2, 0.25) is 0 Å². The van der Waals surface area contributed by atoms with E-state index in [9.17, 15) is 4.79 Å². The van der Waals surface area contributed by atoms with Crippen molar-refractivity contribution in [1.82, 2.24) is 4.98 Å². The first-order valence-corrected chi connectivity index (χ1v) is 5.37. The molecular formula is C13H13NO3. The summed E-state index contributed by atoms with van der Waals surface area (Å²) in [5.74, 6) is 0.00251. The second-order valence-electron chi connectivity index (χ2n) is 3.46. The van der Waals surface area contributed by atoms with Crippen LogP contribution in [-0.2, 0) is 4.74 Å². The van der Waals surface area contributed by atoms with E-state index in [1.54, 1.807) is 6.07 Å². The van der Waals surface area contributed by atoms with Crippen LogP contribution in [0, 0.1) is 0 Å². The van der Waals surface area contributed by atoms with Crippen LogP contribution in [0.1, 0.15) is 17.4 Å². The van der Waals surface area contributed by atoms with Gasteiger partial charge in [0.1, 0.15) is 0 Å². The number of pyridine rings is 1. The standard InChI is InChI=1S/C13H13NO3/c1-3-17-12-10-7-5-4-6-9(10)8-11(14-12)13(15)16-2/h4-8H,3H2,1-2H3. The Kier molecular flexibility index (Phi) is 3.23. The van der Waals surface area contributed by atoms with E-state index in [1.165, 1.54) is 7.11 Å². The summed E-state index contributed by atoms with van der Waals surface area (Å²) < 4.78 is 10.1. The number of ether oxygens (including phenoxy) is 2. The van der Waals surface area contributed by atoms with Crippen LogP contribution < -0.4 is 4.74 Å². The predicted molar refractivity (Wildman–Crippen MR) is 64.3 cm³/mol. The molecular weight excluding hydrogens is 218 g/mol. The lowest BCUT2D eigenvalue weighted by atomic mass is 10.1. The second-order valence-corrected chi connectivity index (χ2v) is 3.46. The highest BCUT2D eigenvalue weighted by atomic mass is 16.5. The van der Waals surface area contributed by atoms with Crippen molar-refractivity contribution in [2.24, 2.45) is 0 Å². The fraction of sp³-hybridized carbons (Fsp3) is 0.231. The van der Waals surface area contributed by atoms with Crippen molar-refractivity contribution in [3.8, 4) is 5.88 Å². The van der Waals surface area contributed by atoms with E-state index in [1.807, 2.05) is 31.2 Å². The van der Waals surface area contributed by atoms with Gasteiger partial charge in [0.2, 0.25) is 5.88 Å². The zero-order valence-electron chi connectivity index (χ0n) is 9.77. The second kappa shape index (κ2) is 4.82. The molecule has 2 rings (SSSR count). The van der Waals surface area contributed by atoms with Crippen LogP contribution in [-0.4, -0.2) is 24.7 Å². The van der Waals surface area contributed by atoms with Crippen LogP contribution in [0.25, 0.3) is 10.8 Å². The lowest BCUT2D eigenvalue weighted by Gasteiger charge is -2.08. The Morgan fingerprint density at radius 2 is 2.12 bits per heavy atom. The molecule has 0 aliphatic heterocycles. The largest absolute Gasteiger partial charge is 0.478 e. The minimum Gasteiger partial charge on any atom is -0.478 e. The number of hydrogen-bond acceptors (Lipinski definition) is 4. The smallest absolute Gasteiger partial charge is 0.356 e. The molecule has 0 fully saturated rings. The molecule has 88 valence electrons. The van der Waals surface area contributed by atoms with Gasteiger partial charge in [0.15, 0.2) is 5.69 Å². The van der Waals surface area contributed by atoms with Crippen LogP contribution in [0.4, 0.5) is 0 Å². The first kappa shape index (κ1) is 11.4. The van der Waals surface area contributed by atoms with Gasteiger partial charge < -0.3 is 9.47 Å². The Bertz CT molecular complexity index is 551. The van der Waals surface area contributed by atoms with Gasteiger partial charge in [-0.2, -0.15) is 0 Å². The number of fused-ring (bicyclic) bond motifs is 1. The maximum atomic E-state index is 11.5. The summed E-state index contributed by atoms with van der Waals surface area (Å²) in [7, 11) is 1.33. The van der Waals surface area contributed by atoms with E-state index < -0.39 is 5.97 Å². The maximum Gasteiger partial charge on any atom is 0.356 e. The Morgan fingerprint density at radius 3 is 2.82 bits per heavy atom. The molecule has 1 aromatic carbocycles. The van der Waals surface area contributed by atoms with Crippen molar-refractivity contribution in [2.75, 3.05) is 13.7 Å². The highest BCUT2D eigenvalue weighted by Gasteiger charge is 2.12. The monoisotopic (exact) mass is 231 g/mol. The van der Waals surface area contributed by atoms with E-state index in [2.05, 4.69) is 9.72 Å². The number of carbonyl (C=O) groups is 1. The van der Waals surface area contributed by atoms with Crippen LogP contribution in [0.3, 0.4) is 0 Å². The van der Waals surface area contributed by atoms with Crippen molar-refractivity contribution in [3.05, 3.63) is 36.0 Å². The number of benzene rings is 1. The Hall–Kier alpha value is -2.10. The highest BCUT2D eigenvalue weighted by molar-refractivity contribution is 5.95. The lowest BCUT2D eigenvalue weighted by Crippen LogP contribution is -2.06. The summed E-state index contributed by atoms with van der Waals surface area (Å²) in [5.41, 5.74) is 0.259. The van der Waals surface area contributed by atoms with E-state index in [0.717, 1.165) is 10.8 Å². The number of nitrogens with zero attached hydrogens (tertiary/aromatic N) is 1. The van der Waals surface area contributed by atoms with Crippen molar-refractivity contribution >= 4 is 16.7 Å². The third-order valence-electron chi connectivity index (χ3n) is 2.38. The Morgan fingerprint density at radius 1 is 1.35 bits per heavy atom. The average molecular weight is 231 g/mol. The number of rotatable bonds is 3. The summed E-state index contributed by atoms with van der Waals surface area (Å²) >= 11 is 0. The van der Waals surface area contributed by atoms with Gasteiger partial charge in [-0.15, -0.1) is 0 Å². The van der Waals surface area contributed by atoms with Crippen LogP contribution in [0.5, 0.6) is 5.88 Å². The molecule has 0 atom stereocenters. The lowest BCUT2D eigenvalue weighted by molar-refractivity contribution is 0.0593. The van der Waals surface area contributed by atoms with Gasteiger partial charge in [0.05, 0.1) is 13.7 Å². The fourth-order valence-corrected chi connectivity index (χ4v) is 1.62. The summed E-state index contributed by atoms with van der Waals surface area (Å²) in [6, 6.07) is 9.33. The summed E-state index contributed by atoms with van der Waals surface area (Å²) in [5, 5.41) is 1.80. The molecule has 2 aromatic rings. The first-order valence-electron chi connectivity index (χ1n) is 5.37. The third-order valence-corrected chi connectivity index (χ3v) is 2.38. The van der Waals surface area contributed by atoms with Crippen molar-refractivity contribution in [1.29, 1.82) is 0 Å². The minimum atomic E-state index is -0.461. The van der Waals surface area contributed by atoms with Gasteiger partial charge in [0.25, 0.3) is 0 Å². The summed E-state index contributed by atoms with van der Waals surface area (Å²) in [6.07, 6.45) is 0. The molecule has 17 heavy (non-hydrogen) atoms. The maximum absolute atomic E-state index is 11.5. The van der Waals surface area contributed by atoms with Crippen molar-refractivity contribution < 1.29 is 14.3 Å². The minimum absolute atomic E-state index is 0.259. The zero-order valence-corrected chi connectivity index (χ0v) is 9.77. The zero-order chi connectivity index (χ0) is 12.3. The van der Waals surface area contributed by atoms with E-state index in [0.29, 0.717) is 12.5 Å². The van der Waals surface area contributed by atoms with Gasteiger partial charge in [-0.1, -0.05) is 18.2 Å². The number of aromatic nitrogens is 1. The molecule has 0 bridgehead atoms. The highest BCUT2D eigenvalue weighted by Crippen LogP contribution is 2.24. The molecule has 0 saturated carbocycles. The topological polar surface area (TPSA) is 48.4 Å². The number of hydrogen-bond donors (Lipinski definition) is 0. The van der Waals surface area contributed by atoms with E-state index >= 15 is 0 Å². The van der Waals surface area contributed by atoms with Crippen LogP contribution in [0.15, 0.2) is 30.3 Å². The molecule has 1 heterocycles. The van der Waals surface area contributed by atoms with Gasteiger partial charge in [-0.05, 0) is 24.4 Å². The molecule has 0 unspecified atom stereocenters. The van der Waals surface area contributed by atoms with Gasteiger partial charge in [-0.25, -0.2) is 9.78 Å². The Balaban J connectivity index is 2.62. The number of methoxy groups -OCH3 is 1. The summed E-state index contributed by atoms with van der Waals surface area (Å²) in [6.45, 7) is 2.38. The van der Waals surface area contributed by atoms with Gasteiger partial charge in [0, 0.05) is 5.39 Å². The molecule has 0 N–H and O–H groups in total. The average Bonchev–Trinajstić information content (AvgIpc) is 2.38. The molecule has 0 saturated heterocycles. The van der Waals surface area contributed by atoms with E-state index in [-0.39, 0.29) is 5.69 Å². The van der Waals surface area contributed by atoms with Gasteiger partial charge in [-0.3, -0.25) is 0 Å². The van der Waals surface area contributed by atoms with Crippen molar-refractivity contribution in [2.45, 2.75) is 6.92 Å². The molecule has 0 radical (unpaired) electrons. The van der Waals surface area contributed by atoms with Gasteiger partial charge >= 0.3 is 5.97 Å². The molecule has 4 nitrogen and oxygen atoms in total. The SMILES string of the molecule is CCOc1nc(C(=O)OC)cc2ccccc12. The third kappa shape index (κ3) is 2.20. The molecule has 1 aromatic heterocycles. The predicted octanol–water partition coefficient (Wildman–Crippen LogP) is 2.42. The quantitative estimate of drug-likeness (QED) is 0.761. The number of esters is 1. The number of carbonyl (C=O) groups excluding carboxylic acids is 1. The molecule has 0 spiro atoms. The first-order chi connectivity index (χ1) is 8.26. The molecule has 0 aliphatic rings. The Labute approximate surface area is 99.2 Å². The van der Waals surface area contributed by atoms with Crippen molar-refractivity contribution in [3.63, 3.8) is 0 Å². The van der Waals surface area contributed by atoms with E-state index in [4.69, 9.17) is 4.74 Å². The fourth-order valence-electron chi connectivity index (χ4n) is 1.62. The molecule has 4 heteroatoms. The molecule has 0 aliphatic carbocycles. The molecule has 0 amide bonds. The normalized spacial score (nSPS) is 10.2. The van der Waals surface area contributed by atoms with Crippen LogP contribution >= 0.6 is 0 Å². The summed E-state index contributed by atoms with van der Waals surface area (Å²) in [4.78, 5) is 15.6.